The molecule has 16 heteroatoms. The van der Waals surface area contributed by atoms with Crippen molar-refractivity contribution in [1.82, 2.24) is 14.9 Å². The van der Waals surface area contributed by atoms with Crippen LogP contribution in [0.4, 0.5) is 30.7 Å². The summed E-state index contributed by atoms with van der Waals surface area (Å²) < 4.78 is 84.4. The van der Waals surface area contributed by atoms with E-state index in [2.05, 4.69) is 10.2 Å². The minimum atomic E-state index is -5.19. The molecule has 40 heavy (non-hydrogen) atoms. The molecular weight excluding hydrogens is 557 g/mol. The summed E-state index contributed by atoms with van der Waals surface area (Å²) >= 11 is 0. The molecule has 9 nitrogen and oxygen atoms in total. The summed E-state index contributed by atoms with van der Waals surface area (Å²) in [5, 5.41) is 14.1. The molecule has 1 saturated heterocycles. The lowest BCUT2D eigenvalue weighted by molar-refractivity contribution is -0.467. The molecule has 1 atom stereocenters. The summed E-state index contributed by atoms with van der Waals surface area (Å²) in [4.78, 5) is 47.9. The maximum absolute atomic E-state index is 14.5. The van der Waals surface area contributed by atoms with Gasteiger partial charge in [0.1, 0.15) is 18.3 Å². The van der Waals surface area contributed by atoms with E-state index in [0.29, 0.717) is 23.2 Å². The van der Waals surface area contributed by atoms with Gasteiger partial charge < -0.3 is 19.7 Å². The maximum Gasteiger partial charge on any atom is 0.430 e. The number of aliphatic carboxylic acids is 1. The van der Waals surface area contributed by atoms with E-state index < -0.39 is 55.0 Å². The molecule has 3 rings (SSSR count). The highest BCUT2D eigenvalue weighted by Crippen LogP contribution is 2.27. The molecule has 1 aromatic heterocycles. The van der Waals surface area contributed by atoms with Gasteiger partial charge in [-0.05, 0) is 31.5 Å². The second-order valence-corrected chi connectivity index (χ2v) is 9.09. The van der Waals surface area contributed by atoms with Gasteiger partial charge in [0.25, 0.3) is 5.91 Å². The standard InChI is InChI=1S/C22H24F4N4O3.C2HF3O2/c1-12(22(24,25)26)10-29-6-7-30(11-19(29)31)21(33)16-8-15(4-5-17(16)23)9-18-13(2)14(3)20(32)28-27-18;3-2(4,5)1(6)7/h4-5,8,12H,6-7,9-11H2,1-3H3,(H,28,32);(H,6,7). The fourth-order valence-corrected chi connectivity index (χ4v) is 3.62. The lowest BCUT2D eigenvalue weighted by Crippen LogP contribution is -2.54. The molecule has 0 spiro atoms. The molecule has 0 saturated carbocycles. The predicted octanol–water partition coefficient (Wildman–Crippen LogP) is 1.32. The Balaban J connectivity index is 0.000000708. The zero-order valence-electron chi connectivity index (χ0n) is 21.4. The molecule has 220 valence electrons. The number of aromatic amines is 2. The number of carbonyl (C=O) groups excluding carboxylic acids is 3. The highest BCUT2D eigenvalue weighted by molar-refractivity contribution is 5.97. The molecule has 1 unspecified atom stereocenters. The number of benzene rings is 1. The summed E-state index contributed by atoms with van der Waals surface area (Å²) in [7, 11) is 0. The van der Waals surface area contributed by atoms with Gasteiger partial charge in [-0.1, -0.05) is 13.0 Å². The van der Waals surface area contributed by atoms with Crippen molar-refractivity contribution in [3.05, 3.63) is 62.3 Å². The Labute approximate surface area is 222 Å². The number of aromatic nitrogens is 2. The van der Waals surface area contributed by atoms with E-state index in [-0.39, 0.29) is 24.2 Å². The summed E-state index contributed by atoms with van der Waals surface area (Å²) in [5.41, 5.74) is 2.11. The lowest BCUT2D eigenvalue weighted by atomic mass is 10.0. The molecule has 0 aliphatic carbocycles. The molecule has 1 aliphatic heterocycles. The van der Waals surface area contributed by atoms with Crippen LogP contribution in [-0.4, -0.2) is 71.2 Å². The summed E-state index contributed by atoms with van der Waals surface area (Å²) in [5.74, 6) is -6.77. The Kier molecular flexibility index (Phi) is 10.0. The number of piperazine rings is 1. The number of rotatable bonds is 5. The van der Waals surface area contributed by atoms with Gasteiger partial charge in [0, 0.05) is 30.8 Å². The molecule has 1 fully saturated rings. The first-order chi connectivity index (χ1) is 18.3. The first kappa shape index (κ1) is 32.2. The normalized spacial score (nSPS) is 14.9. The van der Waals surface area contributed by atoms with Crippen molar-refractivity contribution in [2.45, 2.75) is 39.5 Å². The third-order valence-electron chi connectivity index (χ3n) is 6.22. The van der Waals surface area contributed by atoms with Crippen LogP contribution in [0.5, 0.6) is 0 Å². The van der Waals surface area contributed by atoms with Crippen LogP contribution in [0.15, 0.2) is 23.0 Å². The highest BCUT2D eigenvalue weighted by atomic mass is 19.4. The van der Waals surface area contributed by atoms with Gasteiger partial charge in [-0.25, -0.2) is 4.39 Å². The SMILES string of the molecule is Cc1c(Cc2ccc(F)c(C(=O)N3CCN(CC(C)C(F)(F)F)C(=O)C3)c2)[nH+][nH]c(=O)c1C.O=C([O-])C(F)(F)F. The molecule has 2 N–H and O–H groups in total. The van der Waals surface area contributed by atoms with E-state index in [4.69, 9.17) is 9.90 Å². The van der Waals surface area contributed by atoms with Crippen molar-refractivity contribution in [1.29, 1.82) is 0 Å². The lowest BCUT2D eigenvalue weighted by Gasteiger charge is -2.36. The van der Waals surface area contributed by atoms with Crippen LogP contribution in [0.3, 0.4) is 0 Å². The van der Waals surface area contributed by atoms with Crippen molar-refractivity contribution < 1.29 is 55.3 Å². The number of carbonyl (C=O) groups is 3. The van der Waals surface area contributed by atoms with Gasteiger partial charge in [-0.3, -0.25) is 14.4 Å². The van der Waals surface area contributed by atoms with E-state index in [0.717, 1.165) is 28.4 Å². The van der Waals surface area contributed by atoms with Crippen LogP contribution in [-0.2, 0) is 16.0 Å². The van der Waals surface area contributed by atoms with E-state index in [1.165, 1.54) is 12.1 Å². The Bertz CT molecular complexity index is 1320. The van der Waals surface area contributed by atoms with Gasteiger partial charge in [0.2, 0.25) is 11.6 Å². The summed E-state index contributed by atoms with van der Waals surface area (Å²) in [6.07, 6.45) is -9.32. The zero-order chi connectivity index (χ0) is 30.6. The maximum atomic E-state index is 14.5. The quantitative estimate of drug-likeness (QED) is 0.532. The number of nitrogens with zero attached hydrogens (tertiary/aromatic N) is 2. The van der Waals surface area contributed by atoms with Crippen molar-refractivity contribution >= 4 is 17.8 Å². The molecule has 2 heterocycles. The van der Waals surface area contributed by atoms with Crippen molar-refractivity contribution in [2.24, 2.45) is 5.92 Å². The number of carboxylic acid groups (broad SMARTS) is 1. The fraction of sp³-hybridized carbons (Fsp3) is 0.458. The van der Waals surface area contributed by atoms with Gasteiger partial charge in [0.05, 0.1) is 17.9 Å². The van der Waals surface area contributed by atoms with Gasteiger partial charge in [-0.15, -0.1) is 10.2 Å². The Morgan fingerprint density at radius 3 is 2.20 bits per heavy atom. The Morgan fingerprint density at radius 1 is 1.07 bits per heavy atom. The zero-order valence-corrected chi connectivity index (χ0v) is 21.4. The number of amides is 2. The van der Waals surface area contributed by atoms with Crippen molar-refractivity contribution in [3.8, 4) is 0 Å². The smallest absolute Gasteiger partial charge is 0.430 e. The van der Waals surface area contributed by atoms with Gasteiger partial charge in [0.15, 0.2) is 0 Å². The van der Waals surface area contributed by atoms with Crippen LogP contribution in [0.1, 0.15) is 39.7 Å². The number of H-pyrrole nitrogens is 2. The van der Waals surface area contributed by atoms with Crippen LogP contribution in [0.2, 0.25) is 0 Å². The van der Waals surface area contributed by atoms with Gasteiger partial charge >= 0.3 is 17.9 Å². The molecule has 1 aliphatic rings. The number of nitrogens with one attached hydrogen (secondary N) is 2. The summed E-state index contributed by atoms with van der Waals surface area (Å²) in [6.45, 7) is 3.49. The van der Waals surface area contributed by atoms with Crippen LogP contribution in [0, 0.1) is 25.6 Å². The molecule has 1 aromatic carbocycles. The first-order valence-corrected chi connectivity index (χ1v) is 11.6. The second-order valence-electron chi connectivity index (χ2n) is 9.09. The average Bonchev–Trinajstić information content (AvgIpc) is 2.85. The number of alkyl halides is 6. The number of halogens is 7. The van der Waals surface area contributed by atoms with Crippen molar-refractivity contribution in [3.63, 3.8) is 0 Å². The highest BCUT2D eigenvalue weighted by Gasteiger charge is 2.39. The number of hydrogen-bond acceptors (Lipinski definition) is 5. The predicted molar refractivity (Wildman–Crippen MR) is 121 cm³/mol. The van der Waals surface area contributed by atoms with Crippen LogP contribution >= 0.6 is 0 Å². The Morgan fingerprint density at radius 2 is 1.68 bits per heavy atom. The summed E-state index contributed by atoms with van der Waals surface area (Å²) in [6, 6.07) is 4.05. The van der Waals surface area contributed by atoms with Crippen LogP contribution < -0.4 is 15.8 Å². The van der Waals surface area contributed by atoms with Gasteiger partial charge in [-0.2, -0.15) is 26.3 Å². The fourth-order valence-electron chi connectivity index (χ4n) is 3.62. The number of hydrogen-bond donors (Lipinski definition) is 1. The largest absolute Gasteiger partial charge is 0.542 e. The minimum absolute atomic E-state index is 0.00478. The second kappa shape index (κ2) is 12.5. The monoisotopic (exact) mass is 582 g/mol. The third-order valence-corrected chi connectivity index (χ3v) is 6.22. The Hall–Kier alpha value is -3.98. The van der Waals surface area contributed by atoms with E-state index in [1.54, 1.807) is 13.8 Å². The molecule has 2 aromatic rings. The van der Waals surface area contributed by atoms with Crippen LogP contribution in [0.25, 0.3) is 0 Å². The number of carboxylic acids is 1. The van der Waals surface area contributed by atoms with E-state index in [9.17, 15) is 45.1 Å². The van der Waals surface area contributed by atoms with E-state index >= 15 is 0 Å². The molecule has 0 radical (unpaired) electrons. The van der Waals surface area contributed by atoms with Crippen molar-refractivity contribution in [2.75, 3.05) is 26.2 Å². The topological polar surface area (TPSA) is 128 Å². The minimum Gasteiger partial charge on any atom is -0.542 e. The molecular formula is C24H25F7N4O5. The molecule has 2 amide bonds. The molecule has 0 bridgehead atoms. The van der Waals surface area contributed by atoms with E-state index in [1.807, 2.05) is 0 Å². The first-order valence-electron chi connectivity index (χ1n) is 11.6. The average molecular weight is 582 g/mol. The third kappa shape index (κ3) is 8.26.